The van der Waals surface area contributed by atoms with E-state index in [2.05, 4.69) is 25.3 Å². The van der Waals surface area contributed by atoms with Crippen molar-refractivity contribution in [1.82, 2.24) is 29.8 Å². The fourth-order valence-electron chi connectivity index (χ4n) is 2.75. The molecule has 29 heavy (non-hydrogen) atoms. The topological polar surface area (TPSA) is 78.1 Å². The average Bonchev–Trinajstić information content (AvgIpc) is 3.02. The number of rotatable bonds is 3. The summed E-state index contributed by atoms with van der Waals surface area (Å²) in [6.07, 6.45) is -1.67. The van der Waals surface area contributed by atoms with Gasteiger partial charge >= 0.3 is 6.18 Å². The molecule has 4 rings (SSSR count). The lowest BCUT2D eigenvalue weighted by Gasteiger charge is -2.16. The standard InChI is InChI=1S/C18H12ClF3N6O/c1-9-5-15-25-26-17(19)28(15)27-16(9)29-14-6-11(18(20,21)22)3-4-12(14)13-7-23-8-24-10(13)2/h3-8H,1-2H3. The third-order valence-corrected chi connectivity index (χ3v) is 4.45. The summed E-state index contributed by atoms with van der Waals surface area (Å²) in [5, 5.41) is 11.8. The van der Waals surface area contributed by atoms with Crippen LogP contribution in [0.25, 0.3) is 16.8 Å². The van der Waals surface area contributed by atoms with Gasteiger partial charge in [0.15, 0.2) is 5.65 Å². The van der Waals surface area contributed by atoms with Crippen molar-refractivity contribution < 1.29 is 17.9 Å². The van der Waals surface area contributed by atoms with E-state index in [1.54, 1.807) is 19.9 Å². The first kappa shape index (κ1) is 19.1. The van der Waals surface area contributed by atoms with E-state index in [1.165, 1.54) is 23.1 Å². The van der Waals surface area contributed by atoms with E-state index in [4.69, 9.17) is 16.3 Å². The summed E-state index contributed by atoms with van der Waals surface area (Å²) in [7, 11) is 0. The van der Waals surface area contributed by atoms with E-state index < -0.39 is 11.7 Å². The molecule has 3 heterocycles. The Bertz CT molecular complexity index is 1220. The van der Waals surface area contributed by atoms with Crippen molar-refractivity contribution >= 4 is 17.2 Å². The Kier molecular flexibility index (Phi) is 4.58. The SMILES string of the molecule is Cc1cc2nnc(Cl)n2nc1Oc1cc(C(F)(F)F)ccc1-c1cncnc1C. The number of benzene rings is 1. The van der Waals surface area contributed by atoms with Gasteiger partial charge in [-0.1, -0.05) is 0 Å². The molecule has 11 heteroatoms. The van der Waals surface area contributed by atoms with Gasteiger partial charge < -0.3 is 4.74 Å². The van der Waals surface area contributed by atoms with Gasteiger partial charge in [-0.3, -0.25) is 0 Å². The first-order valence-electron chi connectivity index (χ1n) is 8.28. The highest BCUT2D eigenvalue weighted by Crippen LogP contribution is 2.39. The molecule has 0 saturated carbocycles. The molecule has 0 fully saturated rings. The van der Waals surface area contributed by atoms with Crippen LogP contribution in [0.1, 0.15) is 16.8 Å². The highest BCUT2D eigenvalue weighted by Gasteiger charge is 2.32. The van der Waals surface area contributed by atoms with Crippen LogP contribution >= 0.6 is 11.6 Å². The van der Waals surface area contributed by atoms with Gasteiger partial charge in [-0.05, 0) is 49.7 Å². The fourth-order valence-corrected chi connectivity index (χ4v) is 2.91. The third-order valence-electron chi connectivity index (χ3n) is 4.22. The number of halogens is 4. The zero-order valence-corrected chi connectivity index (χ0v) is 15.8. The van der Waals surface area contributed by atoms with Crippen LogP contribution in [0.4, 0.5) is 13.2 Å². The van der Waals surface area contributed by atoms with E-state index in [1.807, 2.05) is 0 Å². The van der Waals surface area contributed by atoms with Gasteiger partial charge in [0, 0.05) is 28.6 Å². The number of hydrogen-bond donors (Lipinski definition) is 0. The summed E-state index contributed by atoms with van der Waals surface area (Å²) in [5.41, 5.74) is 1.60. The van der Waals surface area contributed by atoms with Crippen molar-refractivity contribution in [2.45, 2.75) is 20.0 Å². The van der Waals surface area contributed by atoms with Gasteiger partial charge in [-0.2, -0.15) is 17.7 Å². The Balaban J connectivity index is 1.88. The van der Waals surface area contributed by atoms with Crippen molar-refractivity contribution in [3.8, 4) is 22.8 Å². The second kappa shape index (κ2) is 6.96. The Morgan fingerprint density at radius 1 is 1.07 bits per heavy atom. The lowest BCUT2D eigenvalue weighted by Crippen LogP contribution is -2.06. The highest BCUT2D eigenvalue weighted by molar-refractivity contribution is 6.28. The van der Waals surface area contributed by atoms with Gasteiger partial charge in [-0.25, -0.2) is 9.97 Å². The number of aryl methyl sites for hydroxylation is 2. The summed E-state index contributed by atoms with van der Waals surface area (Å²) < 4.78 is 46.9. The number of hydrogen-bond acceptors (Lipinski definition) is 6. The zero-order valence-electron chi connectivity index (χ0n) is 15.1. The Hall–Kier alpha value is -3.27. The molecular weight excluding hydrogens is 409 g/mol. The molecule has 0 amide bonds. The summed E-state index contributed by atoms with van der Waals surface area (Å²) in [6, 6.07) is 4.84. The van der Waals surface area contributed by atoms with Crippen LogP contribution in [0.5, 0.6) is 11.6 Å². The molecule has 148 valence electrons. The molecule has 0 unspecified atom stereocenters. The molecular formula is C18H12ClF3N6O. The van der Waals surface area contributed by atoms with E-state index in [0.717, 1.165) is 12.1 Å². The predicted molar refractivity (Wildman–Crippen MR) is 97.8 cm³/mol. The van der Waals surface area contributed by atoms with Gasteiger partial charge in [0.2, 0.25) is 11.2 Å². The molecule has 0 spiro atoms. The van der Waals surface area contributed by atoms with Crippen molar-refractivity contribution in [3.05, 3.63) is 58.9 Å². The molecule has 0 aliphatic carbocycles. The molecule has 3 aromatic heterocycles. The molecule has 0 bridgehead atoms. The van der Waals surface area contributed by atoms with Crippen molar-refractivity contribution in [2.75, 3.05) is 0 Å². The highest BCUT2D eigenvalue weighted by atomic mass is 35.5. The predicted octanol–water partition coefficient (Wildman–Crippen LogP) is 4.66. The summed E-state index contributed by atoms with van der Waals surface area (Å²) in [4.78, 5) is 8.06. The molecule has 0 radical (unpaired) electrons. The lowest BCUT2D eigenvalue weighted by atomic mass is 10.0. The van der Waals surface area contributed by atoms with E-state index >= 15 is 0 Å². The molecule has 0 saturated heterocycles. The minimum atomic E-state index is -4.54. The minimum absolute atomic E-state index is 0.00131. The Morgan fingerprint density at radius 2 is 1.86 bits per heavy atom. The van der Waals surface area contributed by atoms with Crippen LogP contribution in [0.2, 0.25) is 5.28 Å². The summed E-state index contributed by atoms with van der Waals surface area (Å²) in [5.74, 6) is 0.0196. The molecule has 0 N–H and O–H groups in total. The van der Waals surface area contributed by atoms with Gasteiger partial charge in [0.05, 0.1) is 5.56 Å². The summed E-state index contributed by atoms with van der Waals surface area (Å²) >= 11 is 5.94. The van der Waals surface area contributed by atoms with Crippen LogP contribution < -0.4 is 4.74 Å². The Morgan fingerprint density at radius 3 is 2.59 bits per heavy atom. The second-order valence-corrected chi connectivity index (χ2v) is 6.54. The maximum atomic E-state index is 13.3. The van der Waals surface area contributed by atoms with Crippen LogP contribution in [-0.4, -0.2) is 29.8 Å². The normalized spacial score (nSPS) is 11.8. The maximum absolute atomic E-state index is 13.3. The van der Waals surface area contributed by atoms with Crippen molar-refractivity contribution in [1.29, 1.82) is 0 Å². The Labute approximate surface area is 167 Å². The van der Waals surface area contributed by atoms with Crippen molar-refractivity contribution in [2.24, 2.45) is 0 Å². The lowest BCUT2D eigenvalue weighted by molar-refractivity contribution is -0.137. The average molecular weight is 421 g/mol. The maximum Gasteiger partial charge on any atom is 0.416 e. The summed E-state index contributed by atoms with van der Waals surface area (Å²) in [6.45, 7) is 3.42. The number of ether oxygens (including phenoxy) is 1. The van der Waals surface area contributed by atoms with Gasteiger partial charge in [0.25, 0.3) is 0 Å². The number of aromatic nitrogens is 6. The third kappa shape index (κ3) is 3.58. The molecule has 0 aliphatic heterocycles. The van der Waals surface area contributed by atoms with Crippen molar-refractivity contribution in [3.63, 3.8) is 0 Å². The van der Waals surface area contributed by atoms with Crippen LogP contribution in [0.3, 0.4) is 0 Å². The number of alkyl halides is 3. The smallest absolute Gasteiger partial charge is 0.416 e. The van der Waals surface area contributed by atoms with E-state index in [0.29, 0.717) is 28.0 Å². The largest absolute Gasteiger partial charge is 0.437 e. The minimum Gasteiger partial charge on any atom is -0.437 e. The zero-order chi connectivity index (χ0) is 20.8. The first-order valence-corrected chi connectivity index (χ1v) is 8.66. The molecule has 1 aromatic carbocycles. The second-order valence-electron chi connectivity index (χ2n) is 6.20. The van der Waals surface area contributed by atoms with Crippen LogP contribution in [-0.2, 0) is 6.18 Å². The molecule has 4 aromatic rings. The molecule has 7 nitrogen and oxygen atoms in total. The van der Waals surface area contributed by atoms with Crippen LogP contribution in [0.15, 0.2) is 36.8 Å². The quantitative estimate of drug-likeness (QED) is 0.479. The van der Waals surface area contributed by atoms with Crippen LogP contribution in [0, 0.1) is 13.8 Å². The van der Waals surface area contributed by atoms with Gasteiger partial charge in [0.1, 0.15) is 12.1 Å². The molecule has 0 atom stereocenters. The van der Waals surface area contributed by atoms with Gasteiger partial charge in [-0.15, -0.1) is 15.3 Å². The molecule has 0 aliphatic rings. The fraction of sp³-hybridized carbons (Fsp3) is 0.167. The van der Waals surface area contributed by atoms with E-state index in [-0.39, 0.29) is 16.9 Å². The number of fused-ring (bicyclic) bond motifs is 1. The number of nitrogens with zero attached hydrogens (tertiary/aromatic N) is 6. The first-order chi connectivity index (χ1) is 13.7. The van der Waals surface area contributed by atoms with E-state index in [9.17, 15) is 13.2 Å². The monoisotopic (exact) mass is 420 g/mol.